The molecule has 12 heteroatoms. The van der Waals surface area contributed by atoms with Crippen LogP contribution in [0.4, 0.5) is 17.6 Å². The van der Waals surface area contributed by atoms with Gasteiger partial charge in [0, 0.05) is 29.8 Å². The molecule has 1 saturated heterocycles. The Morgan fingerprint density at radius 3 is 2.71 bits per heavy atom. The van der Waals surface area contributed by atoms with Crippen LogP contribution >= 0.6 is 0 Å². The summed E-state index contributed by atoms with van der Waals surface area (Å²) in [4.78, 5) is 37.7. The van der Waals surface area contributed by atoms with Crippen LogP contribution in [-0.4, -0.2) is 63.3 Å². The lowest BCUT2D eigenvalue weighted by Gasteiger charge is -2.18. The SMILES string of the molecule is CCC(=O)N1C[C@@H](NC(=O)c2c(C)[nH]c3c(-c4cc(C(F)F)ccc4OCC4CC4)ncnc23)C(F)(F)C1. The van der Waals surface area contributed by atoms with Gasteiger partial charge in [-0.3, -0.25) is 9.59 Å². The minimum Gasteiger partial charge on any atom is -0.493 e. The molecule has 0 unspecified atom stereocenters. The second kappa shape index (κ2) is 9.88. The molecule has 2 aromatic heterocycles. The van der Waals surface area contributed by atoms with Gasteiger partial charge in [-0.2, -0.15) is 0 Å². The Bertz CT molecular complexity index is 1390. The average Bonchev–Trinajstić information content (AvgIpc) is 3.58. The summed E-state index contributed by atoms with van der Waals surface area (Å²) in [5.41, 5.74) is 1.15. The van der Waals surface area contributed by atoms with E-state index in [1.165, 1.54) is 24.5 Å². The summed E-state index contributed by atoms with van der Waals surface area (Å²) in [6, 6.07) is 2.49. The number of rotatable bonds is 8. The zero-order valence-electron chi connectivity index (χ0n) is 20.9. The minimum atomic E-state index is -3.30. The summed E-state index contributed by atoms with van der Waals surface area (Å²) in [6.45, 7) is 2.53. The van der Waals surface area contributed by atoms with Crippen LogP contribution in [0.25, 0.3) is 22.3 Å². The van der Waals surface area contributed by atoms with Gasteiger partial charge >= 0.3 is 0 Å². The van der Waals surface area contributed by atoms with Crippen LogP contribution in [0.5, 0.6) is 5.75 Å². The third-order valence-electron chi connectivity index (χ3n) is 6.96. The van der Waals surface area contributed by atoms with Gasteiger partial charge in [-0.1, -0.05) is 6.92 Å². The molecule has 2 aliphatic rings. The van der Waals surface area contributed by atoms with Crippen molar-refractivity contribution in [2.24, 2.45) is 5.92 Å². The van der Waals surface area contributed by atoms with Gasteiger partial charge in [-0.25, -0.2) is 27.5 Å². The monoisotopic (exact) mass is 533 g/mol. The van der Waals surface area contributed by atoms with Gasteiger partial charge in [-0.05, 0) is 43.9 Å². The quantitative estimate of drug-likeness (QED) is 0.411. The number of nitrogens with zero attached hydrogens (tertiary/aromatic N) is 3. The number of carbonyl (C=O) groups excluding carboxylic acids is 2. The van der Waals surface area contributed by atoms with E-state index >= 15 is 0 Å². The molecule has 0 bridgehead atoms. The fourth-order valence-electron chi connectivity index (χ4n) is 4.67. The number of aromatic nitrogens is 3. The number of alkyl halides is 4. The number of ether oxygens (including phenoxy) is 1. The van der Waals surface area contributed by atoms with Crippen LogP contribution in [0.1, 0.15) is 54.2 Å². The fourth-order valence-corrected chi connectivity index (χ4v) is 4.67. The number of hydrogen-bond acceptors (Lipinski definition) is 5. The molecule has 2 amide bonds. The van der Waals surface area contributed by atoms with E-state index in [1.54, 1.807) is 13.8 Å². The molecular formula is C26H27F4N5O3. The largest absolute Gasteiger partial charge is 0.493 e. The van der Waals surface area contributed by atoms with Gasteiger partial charge in [-0.15, -0.1) is 0 Å². The van der Waals surface area contributed by atoms with E-state index in [9.17, 15) is 27.2 Å². The Kier molecular flexibility index (Phi) is 6.74. The molecule has 1 aliphatic carbocycles. The second-order valence-corrected chi connectivity index (χ2v) is 9.80. The van der Waals surface area contributed by atoms with Crippen molar-refractivity contribution >= 4 is 22.8 Å². The lowest BCUT2D eigenvalue weighted by Crippen LogP contribution is -2.46. The number of amides is 2. The number of aromatic amines is 1. The highest BCUT2D eigenvalue weighted by molar-refractivity contribution is 6.09. The van der Waals surface area contributed by atoms with E-state index in [-0.39, 0.29) is 35.3 Å². The minimum absolute atomic E-state index is 0.0326. The fraction of sp³-hybridized carbons (Fsp3) is 0.462. The summed E-state index contributed by atoms with van der Waals surface area (Å²) in [7, 11) is 0. The van der Waals surface area contributed by atoms with Crippen molar-refractivity contribution in [3.63, 3.8) is 0 Å². The predicted octanol–water partition coefficient (Wildman–Crippen LogP) is 4.65. The summed E-state index contributed by atoms with van der Waals surface area (Å²) in [6.07, 6.45) is 0.633. The van der Waals surface area contributed by atoms with Crippen LogP contribution in [0.2, 0.25) is 0 Å². The number of aryl methyl sites for hydroxylation is 1. The Balaban J connectivity index is 1.50. The third-order valence-corrected chi connectivity index (χ3v) is 6.96. The van der Waals surface area contributed by atoms with Gasteiger partial charge < -0.3 is 19.9 Å². The van der Waals surface area contributed by atoms with E-state index in [1.807, 2.05) is 0 Å². The number of nitrogens with one attached hydrogen (secondary N) is 2. The van der Waals surface area contributed by atoms with E-state index in [4.69, 9.17) is 4.74 Å². The number of H-pyrrole nitrogens is 1. The van der Waals surface area contributed by atoms with E-state index in [2.05, 4.69) is 20.3 Å². The van der Waals surface area contributed by atoms with Crippen LogP contribution in [0.15, 0.2) is 24.5 Å². The van der Waals surface area contributed by atoms with Gasteiger partial charge in [0.2, 0.25) is 5.91 Å². The maximum atomic E-state index is 14.6. The first-order valence-electron chi connectivity index (χ1n) is 12.4. The maximum Gasteiger partial charge on any atom is 0.286 e. The number of halogens is 4. The lowest BCUT2D eigenvalue weighted by atomic mass is 10.0. The number of carbonyl (C=O) groups is 2. The van der Waals surface area contributed by atoms with Crippen molar-refractivity contribution in [2.45, 2.75) is 51.5 Å². The molecule has 1 aromatic carbocycles. The Morgan fingerprint density at radius 1 is 1.26 bits per heavy atom. The lowest BCUT2D eigenvalue weighted by molar-refractivity contribution is -0.131. The smallest absolute Gasteiger partial charge is 0.286 e. The van der Waals surface area contributed by atoms with Gasteiger partial charge in [0.05, 0.1) is 24.2 Å². The highest BCUT2D eigenvalue weighted by Gasteiger charge is 2.50. The van der Waals surface area contributed by atoms with E-state index < -0.39 is 36.7 Å². The molecule has 0 spiro atoms. The number of benzene rings is 1. The van der Waals surface area contributed by atoms with Gasteiger partial charge in [0.25, 0.3) is 18.3 Å². The normalized spacial score (nSPS) is 18.8. The molecule has 1 saturated carbocycles. The van der Waals surface area contributed by atoms with Crippen molar-refractivity contribution in [3.05, 3.63) is 41.3 Å². The first-order valence-corrected chi connectivity index (χ1v) is 12.4. The van der Waals surface area contributed by atoms with Crippen LogP contribution < -0.4 is 10.1 Å². The molecule has 8 nitrogen and oxygen atoms in total. The molecule has 3 heterocycles. The maximum absolute atomic E-state index is 14.6. The van der Waals surface area contributed by atoms with Crippen molar-refractivity contribution in [3.8, 4) is 17.0 Å². The molecule has 1 aliphatic heterocycles. The zero-order valence-corrected chi connectivity index (χ0v) is 20.9. The number of fused-ring (bicyclic) bond motifs is 1. The standard InChI is InChI=1S/C26H27F4N5O3/c1-3-19(36)35-9-18(26(29,30)11-35)34-25(37)20-13(2)33-23-21(31-12-32-22(20)23)16-8-15(24(27)28)6-7-17(16)38-10-14-4-5-14/h6-8,12,14,18,24,33H,3-5,9-11H2,1-2H3,(H,34,37)/t18-/m1/s1. The Hall–Kier alpha value is -3.70. The molecule has 38 heavy (non-hydrogen) atoms. The third kappa shape index (κ3) is 4.91. The molecule has 3 aromatic rings. The Labute approximate surface area is 215 Å². The summed E-state index contributed by atoms with van der Waals surface area (Å²) < 4.78 is 62.2. The molecule has 5 rings (SSSR count). The summed E-state index contributed by atoms with van der Waals surface area (Å²) in [5, 5.41) is 2.36. The highest BCUT2D eigenvalue weighted by Crippen LogP contribution is 2.38. The van der Waals surface area contributed by atoms with Crippen molar-refractivity contribution < 1.29 is 31.9 Å². The molecule has 202 valence electrons. The molecule has 0 radical (unpaired) electrons. The number of hydrogen-bond donors (Lipinski definition) is 2. The molecule has 2 fully saturated rings. The second-order valence-electron chi connectivity index (χ2n) is 9.80. The van der Waals surface area contributed by atoms with Crippen molar-refractivity contribution in [1.29, 1.82) is 0 Å². The zero-order chi connectivity index (χ0) is 27.2. The van der Waals surface area contributed by atoms with Crippen LogP contribution in [0, 0.1) is 12.8 Å². The van der Waals surface area contributed by atoms with E-state index in [0.717, 1.165) is 17.7 Å². The van der Waals surface area contributed by atoms with Crippen molar-refractivity contribution in [1.82, 2.24) is 25.2 Å². The van der Waals surface area contributed by atoms with Crippen LogP contribution in [-0.2, 0) is 4.79 Å². The molecule has 2 N–H and O–H groups in total. The average molecular weight is 534 g/mol. The number of likely N-dealkylation sites (tertiary alicyclic amines) is 1. The topological polar surface area (TPSA) is 100 Å². The van der Waals surface area contributed by atoms with E-state index in [0.29, 0.717) is 35.0 Å². The van der Waals surface area contributed by atoms with Crippen molar-refractivity contribution in [2.75, 3.05) is 19.7 Å². The summed E-state index contributed by atoms with van der Waals surface area (Å²) in [5.74, 6) is -3.73. The predicted molar refractivity (Wildman–Crippen MR) is 130 cm³/mol. The van der Waals surface area contributed by atoms with Gasteiger partial charge in [0.1, 0.15) is 29.3 Å². The van der Waals surface area contributed by atoms with Crippen LogP contribution in [0.3, 0.4) is 0 Å². The molecular weight excluding hydrogens is 506 g/mol. The molecule has 1 atom stereocenters. The first kappa shape index (κ1) is 25.9. The first-order chi connectivity index (χ1) is 18.1. The highest BCUT2D eigenvalue weighted by atomic mass is 19.3. The van der Waals surface area contributed by atoms with Gasteiger partial charge in [0.15, 0.2) is 0 Å². The summed E-state index contributed by atoms with van der Waals surface area (Å²) >= 11 is 0. The Morgan fingerprint density at radius 2 is 2.03 bits per heavy atom.